The molecule has 3 amide bonds. The van der Waals surface area contributed by atoms with Gasteiger partial charge in [0.15, 0.2) is 5.75 Å². The number of anilines is 1. The van der Waals surface area contributed by atoms with Crippen molar-refractivity contribution in [2.45, 2.75) is 89.6 Å². The molecule has 4 aromatic heterocycles. The number of carbonyl (C=O) groups is 3. The number of aliphatic hydroxyl groups excluding tert-OH is 1. The summed E-state index contributed by atoms with van der Waals surface area (Å²) in [7, 11) is -1.14. The number of likely N-dealkylation sites (tertiary alicyclic amines) is 1. The van der Waals surface area contributed by atoms with Gasteiger partial charge in [-0.15, -0.1) is 11.3 Å². The van der Waals surface area contributed by atoms with Crippen molar-refractivity contribution in [2.24, 2.45) is 20.0 Å². The maximum absolute atomic E-state index is 14.4. The number of sulfonamides is 1. The molecule has 20 nitrogen and oxygen atoms in total. The molecule has 1 fully saturated rings. The van der Waals surface area contributed by atoms with Crippen molar-refractivity contribution in [1.82, 2.24) is 44.4 Å². The lowest BCUT2D eigenvalue weighted by molar-refractivity contribution is -0.142. The van der Waals surface area contributed by atoms with E-state index in [0.717, 1.165) is 28.1 Å². The molecular weight excluding hydrogens is 1060 g/mol. The number of amides is 3. The van der Waals surface area contributed by atoms with Gasteiger partial charge in [-0.05, 0) is 92.3 Å². The highest BCUT2D eigenvalue weighted by atomic mass is 32.2. The van der Waals surface area contributed by atoms with Crippen LogP contribution in [0.5, 0.6) is 23.1 Å². The summed E-state index contributed by atoms with van der Waals surface area (Å²) in [5.74, 6) is -0.153. The number of nitrogens with zero attached hydrogens (tertiary/aromatic N) is 7. The normalized spacial score (nSPS) is 15.6. The van der Waals surface area contributed by atoms with Crippen LogP contribution in [0.1, 0.15) is 81.2 Å². The third-order valence-corrected chi connectivity index (χ3v) is 16.2. The predicted molar refractivity (Wildman–Crippen MR) is 304 cm³/mol. The molecule has 418 valence electrons. The van der Waals surface area contributed by atoms with Crippen molar-refractivity contribution in [3.63, 3.8) is 0 Å². The number of carbonyl (C=O) groups excluding carboxylic acids is 3. The quantitative estimate of drug-likeness (QED) is 0.0531. The molecule has 1 unspecified atom stereocenters. The molecule has 0 aliphatic carbocycles. The van der Waals surface area contributed by atoms with Crippen molar-refractivity contribution in [1.29, 1.82) is 0 Å². The van der Waals surface area contributed by atoms with Crippen molar-refractivity contribution in [3.8, 4) is 44.7 Å². The second-order valence-electron chi connectivity index (χ2n) is 20.2. The molecule has 1 saturated heterocycles. The highest BCUT2D eigenvalue weighted by molar-refractivity contribution is 7.92. The molecule has 4 aromatic carbocycles. The molecule has 9 rings (SSSR count). The smallest absolute Gasteiger partial charge is 0.328 e. The van der Waals surface area contributed by atoms with Gasteiger partial charge in [0.1, 0.15) is 29.7 Å². The minimum Gasteiger partial charge on any atom is -0.493 e. The zero-order valence-corrected chi connectivity index (χ0v) is 47.2. The second-order valence-corrected chi connectivity index (χ2v) is 22.8. The second kappa shape index (κ2) is 23.9. The van der Waals surface area contributed by atoms with E-state index < -0.39 is 40.2 Å². The summed E-state index contributed by atoms with van der Waals surface area (Å²) >= 11 is 1.57. The summed E-state index contributed by atoms with van der Waals surface area (Å²) in [5, 5.41) is 21.3. The monoisotopic (exact) mass is 1120 g/mol. The minimum absolute atomic E-state index is 0.00322. The number of rotatable bonds is 21. The summed E-state index contributed by atoms with van der Waals surface area (Å²) in [5.41, 5.74) is 6.85. The Hall–Kier alpha value is -8.34. The van der Waals surface area contributed by atoms with Crippen LogP contribution in [0, 0.1) is 12.8 Å². The fourth-order valence-electron chi connectivity index (χ4n) is 9.63. The molecule has 0 spiro atoms. The van der Waals surface area contributed by atoms with Crippen LogP contribution in [-0.2, 0) is 33.7 Å². The number of pyridine rings is 1. The Morgan fingerprint density at radius 2 is 1.61 bits per heavy atom. The first kappa shape index (κ1) is 56.4. The van der Waals surface area contributed by atoms with E-state index in [4.69, 9.17) is 14.2 Å². The number of hydrogen-bond acceptors (Lipinski definition) is 14. The fraction of sp³-hybridized carbons (Fsp3) is 0.328. The van der Waals surface area contributed by atoms with Gasteiger partial charge in [0.25, 0.3) is 15.9 Å². The van der Waals surface area contributed by atoms with Gasteiger partial charge < -0.3 is 34.9 Å². The predicted octanol–water partition coefficient (Wildman–Crippen LogP) is 8.18. The molecule has 1 aliphatic rings. The Morgan fingerprint density at radius 3 is 2.34 bits per heavy atom. The summed E-state index contributed by atoms with van der Waals surface area (Å²) < 4.78 is 53.3. The lowest BCUT2D eigenvalue weighted by atomic mass is 10.0. The van der Waals surface area contributed by atoms with E-state index in [-0.39, 0.29) is 76.8 Å². The molecule has 4 N–H and O–H groups in total. The summed E-state index contributed by atoms with van der Waals surface area (Å²) in [6.45, 7) is 11.9. The number of hydrogen-bond donors (Lipinski definition) is 4. The van der Waals surface area contributed by atoms with Crippen LogP contribution in [0.2, 0.25) is 0 Å². The molecule has 80 heavy (non-hydrogen) atoms. The van der Waals surface area contributed by atoms with Gasteiger partial charge in [0.2, 0.25) is 17.7 Å². The molecule has 0 bridgehead atoms. The Balaban J connectivity index is 0.825. The van der Waals surface area contributed by atoms with E-state index in [1.165, 1.54) is 44.4 Å². The van der Waals surface area contributed by atoms with Crippen LogP contribution >= 0.6 is 11.3 Å². The van der Waals surface area contributed by atoms with Crippen LogP contribution in [0.4, 0.5) is 5.69 Å². The van der Waals surface area contributed by atoms with E-state index in [0.29, 0.717) is 40.3 Å². The molecule has 5 heterocycles. The molecule has 1 aliphatic heterocycles. The van der Waals surface area contributed by atoms with E-state index in [9.17, 15) is 32.7 Å². The van der Waals surface area contributed by atoms with E-state index in [1.54, 1.807) is 98.1 Å². The number of aryl methyl sites for hydroxylation is 3. The van der Waals surface area contributed by atoms with Gasteiger partial charge in [-0.2, -0.15) is 5.10 Å². The number of benzene rings is 4. The van der Waals surface area contributed by atoms with Gasteiger partial charge in [-0.3, -0.25) is 32.9 Å². The molecule has 5 atom stereocenters. The van der Waals surface area contributed by atoms with Crippen molar-refractivity contribution < 1.29 is 42.1 Å². The lowest BCUT2D eigenvalue weighted by Crippen LogP contribution is -2.49. The maximum atomic E-state index is 14.4. The van der Waals surface area contributed by atoms with Crippen LogP contribution in [0.15, 0.2) is 131 Å². The number of ether oxygens (including phenoxy) is 3. The van der Waals surface area contributed by atoms with E-state index in [1.807, 2.05) is 64.4 Å². The number of thiazole rings is 1. The van der Waals surface area contributed by atoms with Crippen molar-refractivity contribution in [3.05, 3.63) is 148 Å². The van der Waals surface area contributed by atoms with Crippen molar-refractivity contribution >= 4 is 55.8 Å². The topological polar surface area (TPSA) is 243 Å². The third kappa shape index (κ3) is 12.4. The average Bonchev–Trinajstić information content (AvgIpc) is 4.31. The van der Waals surface area contributed by atoms with Gasteiger partial charge in [-0.25, -0.2) is 23.2 Å². The van der Waals surface area contributed by atoms with Crippen LogP contribution in [0.3, 0.4) is 0 Å². The Labute approximate surface area is 467 Å². The third-order valence-electron chi connectivity index (χ3n) is 13.9. The van der Waals surface area contributed by atoms with Crippen LogP contribution in [-0.4, -0.2) is 103 Å². The summed E-state index contributed by atoms with van der Waals surface area (Å²) in [4.78, 5) is 65.8. The Morgan fingerprint density at radius 1 is 0.875 bits per heavy atom. The zero-order valence-electron chi connectivity index (χ0n) is 45.6. The Kier molecular flexibility index (Phi) is 16.9. The number of imidazole rings is 1. The standard InChI is InChI=1S/C58H64N10O10S2/c1-9-22-76-44-13-11-14-45(26-44)78-51-28-49-48(65(7)58(73)66(49)8)27-47(51)64-80(74,75)46-15-10-12-41(23-46)55(70)60-29-35(4)77-52-24-40(20-21-59-52)42-30-62-68(31-42)53(34(2)3)57(72)67-32-43(69)25-50(67)56(71)63-36(5)38-16-18-39(19-17-38)54-37(6)61-33-79-54/h10-21,23-24,26-28,30-31,33-36,43,50,53,64,69H,9,22,25,29,32H2,1-8H3,(H,60,70)(H,63,71)/t35-,36+,43-,50+,53?/m1/s1. The van der Waals surface area contributed by atoms with E-state index in [2.05, 4.69) is 30.4 Å². The first-order valence-electron chi connectivity index (χ1n) is 26.3. The van der Waals surface area contributed by atoms with Crippen LogP contribution < -0.4 is 35.3 Å². The molecule has 8 aromatic rings. The highest BCUT2D eigenvalue weighted by Crippen LogP contribution is 2.37. The van der Waals surface area contributed by atoms with Gasteiger partial charge in [0.05, 0.1) is 69.2 Å². The van der Waals surface area contributed by atoms with Crippen LogP contribution in [0.25, 0.3) is 32.6 Å². The molecule has 22 heteroatoms. The van der Waals surface area contributed by atoms with Gasteiger partial charge in [0, 0.05) is 68.8 Å². The molecule has 0 saturated carbocycles. The summed E-state index contributed by atoms with van der Waals surface area (Å²) in [6.07, 6.45) is 4.38. The maximum Gasteiger partial charge on any atom is 0.328 e. The van der Waals surface area contributed by atoms with Crippen molar-refractivity contribution in [2.75, 3.05) is 24.4 Å². The number of aliphatic hydroxyl groups is 1. The summed E-state index contributed by atoms with van der Waals surface area (Å²) in [6, 6.07) is 25.0. The van der Waals surface area contributed by atoms with Gasteiger partial charge in [-0.1, -0.05) is 57.2 Å². The Bertz CT molecular complexity index is 3740. The number of fused-ring (bicyclic) bond motifs is 1. The number of aromatic nitrogens is 6. The first-order chi connectivity index (χ1) is 38.3. The first-order valence-corrected chi connectivity index (χ1v) is 28.6. The number of nitrogens with one attached hydrogen (secondary N) is 3. The molecular formula is C58H64N10O10S2. The highest BCUT2D eigenvalue weighted by Gasteiger charge is 2.43. The lowest BCUT2D eigenvalue weighted by Gasteiger charge is -2.30. The zero-order chi connectivity index (χ0) is 57.0. The largest absolute Gasteiger partial charge is 0.493 e. The van der Waals surface area contributed by atoms with E-state index >= 15 is 0 Å². The van der Waals surface area contributed by atoms with Gasteiger partial charge >= 0.3 is 5.69 Å². The average molecular weight is 1130 g/mol. The number of β-amino-alcohol motifs (C(OH)–C–C–N with tert-alkyl or cyclic N) is 1. The molecule has 0 radical (unpaired) electrons. The fourth-order valence-corrected chi connectivity index (χ4v) is 11.5. The SMILES string of the molecule is CCCOc1cccc(Oc2cc3c(cc2NS(=O)(=O)c2cccc(C(=O)NC[C@@H](C)Oc4cc(-c5cnn(C(C(=O)N6C[C@H](O)C[C@H]6C(=O)N[C@@H](C)c6ccc(-c7scnc7C)cc6)C(C)C)c5)ccn4)c2)n(C)c(=O)n3C)c1. The minimum atomic E-state index is -4.34.